The third-order valence-electron chi connectivity index (χ3n) is 2.94. The van der Waals surface area contributed by atoms with E-state index in [9.17, 15) is 9.59 Å². The number of halogens is 2. The van der Waals surface area contributed by atoms with E-state index in [4.69, 9.17) is 23.2 Å². The molecule has 2 amide bonds. The van der Waals surface area contributed by atoms with Crippen LogP contribution in [0.1, 0.15) is 12.5 Å². The highest BCUT2D eigenvalue weighted by Crippen LogP contribution is 2.33. The Bertz CT molecular complexity index is 531. The minimum absolute atomic E-state index is 0.0228. The second kappa shape index (κ2) is 4.78. The van der Waals surface area contributed by atoms with E-state index in [1.54, 1.807) is 19.1 Å². The Kier molecular flexibility index (Phi) is 3.50. The summed E-state index contributed by atoms with van der Waals surface area (Å²) in [5.74, 6) is -0.411. The molecule has 1 fully saturated rings. The SMILES string of the molecule is Cc1cc(Cl)c(N2C(=O)CNC(=O)C2C)cc1Cl. The van der Waals surface area contributed by atoms with Crippen LogP contribution in [0.15, 0.2) is 12.1 Å². The third kappa shape index (κ3) is 2.18. The minimum atomic E-state index is -0.595. The van der Waals surface area contributed by atoms with E-state index in [1.165, 1.54) is 4.90 Å². The van der Waals surface area contributed by atoms with Gasteiger partial charge in [-0.3, -0.25) is 14.5 Å². The Morgan fingerprint density at radius 1 is 1.28 bits per heavy atom. The molecule has 1 aliphatic rings. The van der Waals surface area contributed by atoms with Crippen LogP contribution < -0.4 is 10.2 Å². The van der Waals surface area contributed by atoms with E-state index in [1.807, 2.05) is 6.92 Å². The van der Waals surface area contributed by atoms with Gasteiger partial charge >= 0.3 is 0 Å². The van der Waals surface area contributed by atoms with Crippen LogP contribution >= 0.6 is 23.2 Å². The van der Waals surface area contributed by atoms with Gasteiger partial charge in [0.05, 0.1) is 17.3 Å². The van der Waals surface area contributed by atoms with Gasteiger partial charge in [0.15, 0.2) is 0 Å². The molecule has 0 aliphatic carbocycles. The highest BCUT2D eigenvalue weighted by molar-refractivity contribution is 6.36. The number of aryl methyl sites for hydroxylation is 1. The molecule has 1 saturated heterocycles. The molecule has 1 N–H and O–H groups in total. The minimum Gasteiger partial charge on any atom is -0.345 e. The van der Waals surface area contributed by atoms with Crippen molar-refractivity contribution in [3.63, 3.8) is 0 Å². The van der Waals surface area contributed by atoms with Crippen LogP contribution in [-0.2, 0) is 9.59 Å². The number of rotatable bonds is 1. The summed E-state index contributed by atoms with van der Waals surface area (Å²) < 4.78 is 0. The molecular formula is C12H12Cl2N2O2. The van der Waals surface area contributed by atoms with Crippen LogP contribution in [0.25, 0.3) is 0 Å². The summed E-state index contributed by atoms with van der Waals surface area (Å²) in [6.07, 6.45) is 0. The quantitative estimate of drug-likeness (QED) is 0.860. The Morgan fingerprint density at radius 2 is 1.94 bits per heavy atom. The molecule has 0 radical (unpaired) electrons. The number of carbonyl (C=O) groups is 2. The molecule has 1 unspecified atom stereocenters. The molecule has 1 aromatic rings. The fourth-order valence-electron chi connectivity index (χ4n) is 1.89. The van der Waals surface area contributed by atoms with Crippen molar-refractivity contribution in [1.82, 2.24) is 5.32 Å². The Morgan fingerprint density at radius 3 is 2.61 bits per heavy atom. The van der Waals surface area contributed by atoms with Gasteiger partial charge in [0.1, 0.15) is 6.04 Å². The molecule has 1 aromatic carbocycles. The van der Waals surface area contributed by atoms with Gasteiger partial charge in [0.25, 0.3) is 0 Å². The molecule has 0 bridgehead atoms. The first-order valence-corrected chi connectivity index (χ1v) is 6.23. The number of piperazine rings is 1. The Hall–Kier alpha value is -1.26. The van der Waals surface area contributed by atoms with Crippen molar-refractivity contribution in [3.05, 3.63) is 27.7 Å². The zero-order chi connectivity index (χ0) is 13.4. The molecule has 4 nitrogen and oxygen atoms in total. The van der Waals surface area contributed by atoms with Gasteiger partial charge in [-0.1, -0.05) is 23.2 Å². The van der Waals surface area contributed by atoms with E-state index >= 15 is 0 Å². The molecular weight excluding hydrogens is 275 g/mol. The third-order valence-corrected chi connectivity index (χ3v) is 3.65. The van der Waals surface area contributed by atoms with Crippen molar-refractivity contribution in [2.45, 2.75) is 19.9 Å². The molecule has 0 aromatic heterocycles. The average Bonchev–Trinajstić information content (AvgIpc) is 2.31. The zero-order valence-corrected chi connectivity index (χ0v) is 11.5. The van der Waals surface area contributed by atoms with Crippen LogP contribution in [0.2, 0.25) is 10.0 Å². The Balaban J connectivity index is 2.49. The number of anilines is 1. The van der Waals surface area contributed by atoms with Crippen LogP contribution in [0, 0.1) is 6.92 Å². The summed E-state index contributed by atoms with van der Waals surface area (Å²) in [4.78, 5) is 24.9. The fraction of sp³-hybridized carbons (Fsp3) is 0.333. The van der Waals surface area contributed by atoms with Crippen LogP contribution in [0.3, 0.4) is 0 Å². The van der Waals surface area contributed by atoms with Gasteiger partial charge in [-0.25, -0.2) is 0 Å². The van der Waals surface area contributed by atoms with Gasteiger partial charge in [-0.2, -0.15) is 0 Å². The lowest BCUT2D eigenvalue weighted by atomic mass is 10.1. The van der Waals surface area contributed by atoms with Gasteiger partial charge in [0.2, 0.25) is 11.8 Å². The molecule has 0 spiro atoms. The number of hydrogen-bond acceptors (Lipinski definition) is 2. The van der Waals surface area contributed by atoms with E-state index in [0.717, 1.165) is 5.56 Å². The standard InChI is InChI=1S/C12H12Cl2N2O2/c1-6-3-9(14)10(4-8(6)13)16-7(2)12(18)15-5-11(16)17/h3-4,7H,5H2,1-2H3,(H,15,18). The number of nitrogens with one attached hydrogen (secondary N) is 1. The summed E-state index contributed by atoms with van der Waals surface area (Å²) in [6, 6.07) is 2.71. The van der Waals surface area contributed by atoms with Crippen molar-refractivity contribution in [2.75, 3.05) is 11.4 Å². The summed E-state index contributed by atoms with van der Waals surface area (Å²) in [5.41, 5.74) is 1.30. The maximum Gasteiger partial charge on any atom is 0.247 e. The van der Waals surface area contributed by atoms with E-state index in [-0.39, 0.29) is 18.4 Å². The van der Waals surface area contributed by atoms with Crippen molar-refractivity contribution < 1.29 is 9.59 Å². The molecule has 1 atom stereocenters. The first-order valence-electron chi connectivity index (χ1n) is 5.47. The number of benzene rings is 1. The lowest BCUT2D eigenvalue weighted by Gasteiger charge is -2.33. The van der Waals surface area contributed by atoms with Crippen LogP contribution in [0.5, 0.6) is 0 Å². The summed E-state index contributed by atoms with van der Waals surface area (Å²) in [5, 5.41) is 3.44. The summed E-state index contributed by atoms with van der Waals surface area (Å²) >= 11 is 12.2. The monoisotopic (exact) mass is 286 g/mol. The number of amides is 2. The smallest absolute Gasteiger partial charge is 0.247 e. The zero-order valence-electron chi connectivity index (χ0n) is 9.96. The topological polar surface area (TPSA) is 49.4 Å². The van der Waals surface area contributed by atoms with Crippen LogP contribution in [-0.4, -0.2) is 24.4 Å². The number of nitrogens with zero attached hydrogens (tertiary/aromatic N) is 1. The normalized spacial score (nSPS) is 20.0. The first-order chi connectivity index (χ1) is 8.41. The number of carbonyl (C=O) groups excluding carboxylic acids is 2. The molecule has 96 valence electrons. The predicted molar refractivity (Wildman–Crippen MR) is 71.2 cm³/mol. The van der Waals surface area contributed by atoms with Crippen molar-refractivity contribution in [1.29, 1.82) is 0 Å². The van der Waals surface area contributed by atoms with Gasteiger partial charge < -0.3 is 5.32 Å². The summed E-state index contributed by atoms with van der Waals surface area (Å²) in [6.45, 7) is 3.45. The van der Waals surface area contributed by atoms with Gasteiger partial charge in [-0.15, -0.1) is 0 Å². The van der Waals surface area contributed by atoms with E-state index in [2.05, 4.69) is 5.32 Å². The van der Waals surface area contributed by atoms with Crippen molar-refractivity contribution in [3.8, 4) is 0 Å². The Labute approximate surface area is 115 Å². The van der Waals surface area contributed by atoms with Crippen molar-refractivity contribution in [2.24, 2.45) is 0 Å². The highest BCUT2D eigenvalue weighted by Gasteiger charge is 2.33. The molecule has 2 rings (SSSR count). The summed E-state index contributed by atoms with van der Waals surface area (Å²) in [7, 11) is 0. The largest absolute Gasteiger partial charge is 0.345 e. The average molecular weight is 287 g/mol. The first kappa shape index (κ1) is 13.2. The second-order valence-corrected chi connectivity index (χ2v) is 5.02. The van der Waals surface area contributed by atoms with E-state index in [0.29, 0.717) is 15.7 Å². The highest BCUT2D eigenvalue weighted by atomic mass is 35.5. The maximum absolute atomic E-state index is 11.9. The second-order valence-electron chi connectivity index (χ2n) is 4.21. The van der Waals surface area contributed by atoms with Crippen LogP contribution in [0.4, 0.5) is 5.69 Å². The van der Waals surface area contributed by atoms with Crippen molar-refractivity contribution >= 4 is 40.7 Å². The predicted octanol–water partition coefficient (Wildman–Crippen LogP) is 2.15. The van der Waals surface area contributed by atoms with Gasteiger partial charge in [0, 0.05) is 5.02 Å². The molecule has 18 heavy (non-hydrogen) atoms. The number of hydrogen-bond donors (Lipinski definition) is 1. The lowest BCUT2D eigenvalue weighted by Crippen LogP contribution is -2.57. The maximum atomic E-state index is 11.9. The van der Waals surface area contributed by atoms with Gasteiger partial charge in [-0.05, 0) is 31.5 Å². The van der Waals surface area contributed by atoms with E-state index < -0.39 is 6.04 Å². The fourth-order valence-corrected chi connectivity index (χ4v) is 2.36. The molecule has 1 heterocycles. The molecule has 1 aliphatic heterocycles. The lowest BCUT2D eigenvalue weighted by molar-refractivity contribution is -0.130. The molecule has 0 saturated carbocycles. The molecule has 6 heteroatoms.